The van der Waals surface area contributed by atoms with Crippen LogP contribution in [-0.4, -0.2) is 12.6 Å². The highest BCUT2D eigenvalue weighted by molar-refractivity contribution is 7.98. The predicted molar refractivity (Wildman–Crippen MR) is 111 cm³/mol. The van der Waals surface area contributed by atoms with Crippen molar-refractivity contribution in [2.75, 3.05) is 6.61 Å². The third kappa shape index (κ3) is 3.76. The van der Waals surface area contributed by atoms with Gasteiger partial charge >= 0.3 is 5.97 Å². The Hall–Kier alpha value is -2.70. The van der Waals surface area contributed by atoms with E-state index in [0.717, 1.165) is 0 Å². The first-order valence-corrected chi connectivity index (χ1v) is 10.5. The number of esters is 1. The van der Waals surface area contributed by atoms with Gasteiger partial charge in [-0.25, -0.2) is 4.79 Å². The Morgan fingerprint density at radius 1 is 0.769 bits per heavy atom. The summed E-state index contributed by atoms with van der Waals surface area (Å²) in [6, 6.07) is 31.2. The first-order valence-electron chi connectivity index (χ1n) is 8.69. The van der Waals surface area contributed by atoms with Crippen LogP contribution in [0.3, 0.4) is 0 Å². The van der Waals surface area contributed by atoms with E-state index in [1.807, 2.05) is 61.5 Å². The predicted octanol–water partition coefficient (Wildman–Crippen LogP) is 4.06. The van der Waals surface area contributed by atoms with Crippen LogP contribution in [0.25, 0.3) is 0 Å². The van der Waals surface area contributed by atoms with Crippen molar-refractivity contribution in [3.8, 4) is 0 Å². The normalized spacial score (nSPS) is 11.4. The van der Waals surface area contributed by atoms with Crippen molar-refractivity contribution in [1.82, 2.24) is 0 Å². The van der Waals surface area contributed by atoms with Crippen molar-refractivity contribution in [2.45, 2.75) is 6.92 Å². The quantitative estimate of drug-likeness (QED) is 0.376. The Morgan fingerprint density at radius 2 is 1.15 bits per heavy atom. The summed E-state index contributed by atoms with van der Waals surface area (Å²) in [5.41, 5.74) is 0. The molecule has 2 nitrogen and oxygen atoms in total. The van der Waals surface area contributed by atoms with Crippen LogP contribution < -0.4 is 15.9 Å². The Labute approximate surface area is 155 Å². The number of rotatable bonds is 6. The lowest BCUT2D eigenvalue weighted by atomic mass is 10.4. The second kappa shape index (κ2) is 8.60. The maximum atomic E-state index is 12.1. The number of hydrogen-bond donors (Lipinski definition) is 0. The van der Waals surface area contributed by atoms with Crippen molar-refractivity contribution < 1.29 is 9.53 Å². The van der Waals surface area contributed by atoms with Gasteiger partial charge in [0.15, 0.2) is 0 Å². The zero-order valence-electron chi connectivity index (χ0n) is 14.8. The third-order valence-corrected chi connectivity index (χ3v) is 8.15. The summed E-state index contributed by atoms with van der Waals surface area (Å²) in [7, 11) is -2.11. The zero-order chi connectivity index (χ0) is 18.2. The van der Waals surface area contributed by atoms with Gasteiger partial charge in [0, 0.05) is 0 Å². The summed E-state index contributed by atoms with van der Waals surface area (Å²) in [5, 5.41) is 3.62. The third-order valence-electron chi connectivity index (χ3n) is 4.21. The summed E-state index contributed by atoms with van der Waals surface area (Å²) in [6.45, 7) is 2.19. The van der Waals surface area contributed by atoms with Crippen molar-refractivity contribution in [3.05, 3.63) is 103 Å². The average molecular weight is 361 g/mol. The SMILES string of the molecule is CCOC(=O)C=C[P+](c1ccccc1)(c1ccccc1)c1ccccc1. The molecule has 0 heterocycles. The number of benzene rings is 3. The molecule has 130 valence electrons. The molecule has 0 amide bonds. The van der Waals surface area contributed by atoms with Gasteiger partial charge in [-0.3, -0.25) is 0 Å². The molecule has 0 saturated heterocycles. The fraction of sp³-hybridized carbons (Fsp3) is 0.0870. The van der Waals surface area contributed by atoms with Gasteiger partial charge in [0.1, 0.15) is 23.2 Å². The maximum Gasteiger partial charge on any atom is 0.334 e. The van der Waals surface area contributed by atoms with Crippen LogP contribution in [0.4, 0.5) is 0 Å². The highest BCUT2D eigenvalue weighted by Crippen LogP contribution is 2.56. The Balaban J connectivity index is 2.26. The van der Waals surface area contributed by atoms with E-state index in [9.17, 15) is 4.79 Å². The van der Waals surface area contributed by atoms with Gasteiger partial charge in [0.05, 0.1) is 18.5 Å². The smallest absolute Gasteiger partial charge is 0.334 e. The Morgan fingerprint density at radius 3 is 1.50 bits per heavy atom. The van der Waals surface area contributed by atoms with Crippen molar-refractivity contribution in [2.24, 2.45) is 0 Å². The second-order valence-corrected chi connectivity index (χ2v) is 9.09. The molecule has 0 N–H and O–H groups in total. The minimum Gasteiger partial charge on any atom is -0.463 e. The van der Waals surface area contributed by atoms with Crippen molar-refractivity contribution >= 4 is 29.1 Å². The lowest BCUT2D eigenvalue weighted by molar-refractivity contribution is -0.137. The summed E-state index contributed by atoms with van der Waals surface area (Å²) in [4.78, 5) is 12.1. The number of carbonyl (C=O) groups is 1. The molecule has 3 aromatic carbocycles. The van der Waals surface area contributed by atoms with Gasteiger partial charge in [-0.2, -0.15) is 0 Å². The molecule has 0 aliphatic heterocycles. The molecular weight excluding hydrogens is 339 g/mol. The molecule has 26 heavy (non-hydrogen) atoms. The molecule has 0 bridgehead atoms. The number of hydrogen-bond acceptors (Lipinski definition) is 2. The van der Waals surface area contributed by atoms with Gasteiger partial charge in [0.25, 0.3) is 0 Å². The molecule has 0 fully saturated rings. The standard InChI is InChI=1S/C23H22O2P/c1-2-25-23(24)18-19-26(20-12-6-3-7-13-20,21-14-8-4-9-15-21)22-16-10-5-11-17-22/h3-19H,2H2,1H3/q+1. The van der Waals surface area contributed by atoms with E-state index in [1.54, 1.807) is 6.08 Å². The summed E-state index contributed by atoms with van der Waals surface area (Å²) in [5.74, 6) is 1.75. The van der Waals surface area contributed by atoms with E-state index in [2.05, 4.69) is 42.2 Å². The van der Waals surface area contributed by atoms with E-state index in [-0.39, 0.29) is 5.97 Å². The van der Waals surface area contributed by atoms with E-state index in [0.29, 0.717) is 6.61 Å². The van der Waals surface area contributed by atoms with Crippen molar-refractivity contribution in [3.63, 3.8) is 0 Å². The van der Waals surface area contributed by atoms with Crippen molar-refractivity contribution in [1.29, 1.82) is 0 Å². The lowest BCUT2D eigenvalue weighted by Crippen LogP contribution is -2.29. The second-order valence-electron chi connectivity index (χ2n) is 5.80. The van der Waals surface area contributed by atoms with E-state index >= 15 is 0 Å². The molecule has 0 aliphatic rings. The summed E-state index contributed by atoms with van der Waals surface area (Å²) >= 11 is 0. The summed E-state index contributed by atoms with van der Waals surface area (Å²) < 4.78 is 5.14. The molecule has 3 rings (SSSR count). The zero-order valence-corrected chi connectivity index (χ0v) is 15.7. The minimum atomic E-state index is -2.11. The van der Waals surface area contributed by atoms with Crippen LogP contribution in [0.2, 0.25) is 0 Å². The average Bonchev–Trinajstić information content (AvgIpc) is 2.71. The number of carbonyl (C=O) groups excluding carboxylic acids is 1. The van der Waals surface area contributed by atoms with E-state index < -0.39 is 7.26 Å². The molecule has 0 unspecified atom stereocenters. The monoisotopic (exact) mass is 361 g/mol. The molecule has 3 heteroatoms. The lowest BCUT2D eigenvalue weighted by Gasteiger charge is -2.23. The van der Waals surface area contributed by atoms with Crippen LogP contribution in [0.5, 0.6) is 0 Å². The maximum absolute atomic E-state index is 12.1. The topological polar surface area (TPSA) is 26.3 Å². The van der Waals surface area contributed by atoms with Crippen LogP contribution in [0, 0.1) is 0 Å². The molecule has 0 saturated carbocycles. The first-order chi connectivity index (χ1) is 12.8. The highest BCUT2D eigenvalue weighted by atomic mass is 31.2. The Kier molecular flexibility index (Phi) is 5.99. The fourth-order valence-corrected chi connectivity index (χ4v) is 6.74. The van der Waals surface area contributed by atoms with Gasteiger partial charge < -0.3 is 4.74 Å². The summed E-state index contributed by atoms with van der Waals surface area (Å²) in [6.07, 6.45) is 1.59. The largest absolute Gasteiger partial charge is 0.463 e. The van der Waals surface area contributed by atoms with Crippen LogP contribution in [-0.2, 0) is 9.53 Å². The molecule has 0 spiro atoms. The van der Waals surface area contributed by atoms with E-state index in [4.69, 9.17) is 4.74 Å². The van der Waals surface area contributed by atoms with Gasteiger partial charge in [-0.15, -0.1) is 0 Å². The number of ether oxygens (including phenoxy) is 1. The Bertz CT molecular complexity index is 762. The first kappa shape index (κ1) is 18.1. The molecule has 0 aliphatic carbocycles. The minimum absolute atomic E-state index is 0.306. The van der Waals surface area contributed by atoms with E-state index in [1.165, 1.54) is 15.9 Å². The molecule has 0 radical (unpaired) electrons. The van der Waals surface area contributed by atoms with Crippen LogP contribution >= 0.6 is 7.26 Å². The van der Waals surface area contributed by atoms with Crippen LogP contribution in [0.15, 0.2) is 103 Å². The van der Waals surface area contributed by atoms with Crippen LogP contribution in [0.1, 0.15) is 6.92 Å². The van der Waals surface area contributed by atoms with Gasteiger partial charge in [0.2, 0.25) is 0 Å². The fourth-order valence-electron chi connectivity index (χ4n) is 3.06. The van der Waals surface area contributed by atoms with Gasteiger partial charge in [-0.1, -0.05) is 54.6 Å². The van der Waals surface area contributed by atoms with Gasteiger partial charge in [-0.05, 0) is 43.3 Å². The molecular formula is C23H22O2P+. The highest BCUT2D eigenvalue weighted by Gasteiger charge is 2.43. The molecule has 3 aromatic rings. The molecule has 0 aromatic heterocycles. The molecule has 0 atom stereocenters.